The van der Waals surface area contributed by atoms with Crippen molar-refractivity contribution in [3.8, 4) is 11.8 Å². The Bertz CT molecular complexity index is 492. The van der Waals surface area contributed by atoms with E-state index in [0.29, 0.717) is 12.6 Å². The highest BCUT2D eigenvalue weighted by molar-refractivity contribution is 5.89. The number of anilines is 1. The van der Waals surface area contributed by atoms with E-state index in [1.54, 1.807) is 6.92 Å². The Kier molecular flexibility index (Phi) is 4.46. The summed E-state index contributed by atoms with van der Waals surface area (Å²) in [6.45, 7) is 2.13. The molecule has 3 nitrogen and oxygen atoms in total. The van der Waals surface area contributed by atoms with Crippen LogP contribution in [0.5, 0.6) is 0 Å². The molecule has 0 aliphatic heterocycles. The van der Waals surface area contributed by atoms with Crippen LogP contribution >= 0.6 is 0 Å². The fraction of sp³-hybridized carbons (Fsp3) is 0.438. The minimum atomic E-state index is -0.474. The van der Waals surface area contributed by atoms with E-state index in [9.17, 15) is 4.79 Å². The van der Waals surface area contributed by atoms with Crippen LogP contribution in [-0.4, -0.2) is 25.7 Å². The van der Waals surface area contributed by atoms with E-state index in [-0.39, 0.29) is 0 Å². The van der Waals surface area contributed by atoms with Crippen molar-refractivity contribution in [2.24, 2.45) is 0 Å². The van der Waals surface area contributed by atoms with E-state index in [1.165, 1.54) is 24.9 Å². The number of carbonyl (C=O) groups is 1. The summed E-state index contributed by atoms with van der Waals surface area (Å²) in [5.41, 5.74) is 2.03. The van der Waals surface area contributed by atoms with Crippen LogP contribution in [0.15, 0.2) is 24.3 Å². The Balaban J connectivity index is 1.99. The molecule has 0 radical (unpaired) electrons. The van der Waals surface area contributed by atoms with Gasteiger partial charge < -0.3 is 9.64 Å². The zero-order valence-electron chi connectivity index (χ0n) is 11.5. The fourth-order valence-corrected chi connectivity index (χ4v) is 2.06. The summed E-state index contributed by atoms with van der Waals surface area (Å²) in [6, 6.07) is 8.66. The first-order valence-corrected chi connectivity index (χ1v) is 6.72. The van der Waals surface area contributed by atoms with Gasteiger partial charge in [-0.05, 0) is 50.5 Å². The Morgan fingerprint density at radius 2 is 2.05 bits per heavy atom. The molecule has 0 spiro atoms. The van der Waals surface area contributed by atoms with Crippen molar-refractivity contribution in [2.75, 3.05) is 18.6 Å². The van der Waals surface area contributed by atoms with Crippen molar-refractivity contribution in [3.63, 3.8) is 0 Å². The van der Waals surface area contributed by atoms with Gasteiger partial charge in [-0.15, -0.1) is 0 Å². The van der Waals surface area contributed by atoms with Gasteiger partial charge in [-0.1, -0.05) is 5.92 Å². The zero-order valence-corrected chi connectivity index (χ0v) is 11.5. The highest BCUT2D eigenvalue weighted by Gasteiger charge is 2.21. The molecule has 0 atom stereocenters. The molecule has 0 amide bonds. The third-order valence-corrected chi connectivity index (χ3v) is 3.48. The molecule has 0 N–H and O–H groups in total. The van der Waals surface area contributed by atoms with Crippen LogP contribution in [0.1, 0.15) is 31.7 Å². The van der Waals surface area contributed by atoms with Crippen LogP contribution < -0.4 is 4.90 Å². The Labute approximate surface area is 114 Å². The first-order valence-electron chi connectivity index (χ1n) is 6.72. The topological polar surface area (TPSA) is 29.5 Å². The number of carbonyl (C=O) groups excluding carboxylic acids is 1. The molecule has 1 aliphatic rings. The predicted octanol–water partition coefficient (Wildman–Crippen LogP) is 2.59. The van der Waals surface area contributed by atoms with E-state index in [2.05, 4.69) is 23.8 Å². The summed E-state index contributed by atoms with van der Waals surface area (Å²) in [4.78, 5) is 13.4. The predicted molar refractivity (Wildman–Crippen MR) is 76.0 cm³/mol. The molecule has 1 aromatic rings. The Hall–Kier alpha value is -1.95. The number of nitrogens with zero attached hydrogens (tertiary/aromatic N) is 1. The summed E-state index contributed by atoms with van der Waals surface area (Å²) in [5.74, 6) is 4.80. The minimum absolute atomic E-state index is 0.360. The maximum absolute atomic E-state index is 11.1. The average molecular weight is 257 g/mol. The molecule has 0 heterocycles. The molecule has 1 fully saturated rings. The second-order valence-electron chi connectivity index (χ2n) is 4.71. The molecule has 0 aromatic heterocycles. The SMILES string of the molecule is CCOC(=O)C#Cc1ccc(N(C)C2CCC2)cc1. The lowest BCUT2D eigenvalue weighted by atomic mass is 9.91. The Morgan fingerprint density at radius 1 is 1.37 bits per heavy atom. The summed E-state index contributed by atoms with van der Waals surface area (Å²) in [7, 11) is 2.13. The molecule has 0 bridgehead atoms. The summed E-state index contributed by atoms with van der Waals surface area (Å²) >= 11 is 0. The van der Waals surface area contributed by atoms with E-state index < -0.39 is 5.97 Å². The lowest BCUT2D eigenvalue weighted by Crippen LogP contribution is -2.36. The monoisotopic (exact) mass is 257 g/mol. The molecule has 0 saturated heterocycles. The van der Waals surface area contributed by atoms with Crippen LogP contribution in [0.25, 0.3) is 0 Å². The van der Waals surface area contributed by atoms with Gasteiger partial charge in [0.2, 0.25) is 0 Å². The molecular formula is C16H19NO2. The van der Waals surface area contributed by atoms with E-state index in [0.717, 1.165) is 5.56 Å². The number of hydrogen-bond acceptors (Lipinski definition) is 3. The molecule has 3 heteroatoms. The second-order valence-corrected chi connectivity index (χ2v) is 4.71. The van der Waals surface area contributed by atoms with Crippen LogP contribution in [-0.2, 0) is 9.53 Å². The highest BCUT2D eigenvalue weighted by Crippen LogP contribution is 2.28. The van der Waals surface area contributed by atoms with Crippen molar-refractivity contribution in [3.05, 3.63) is 29.8 Å². The maximum atomic E-state index is 11.1. The zero-order chi connectivity index (χ0) is 13.7. The second kappa shape index (κ2) is 6.29. The summed E-state index contributed by atoms with van der Waals surface area (Å²) in [5, 5.41) is 0. The van der Waals surface area contributed by atoms with Gasteiger partial charge in [0.05, 0.1) is 6.61 Å². The van der Waals surface area contributed by atoms with Crippen LogP contribution in [0.3, 0.4) is 0 Å². The molecule has 19 heavy (non-hydrogen) atoms. The van der Waals surface area contributed by atoms with Crippen molar-refractivity contribution in [1.82, 2.24) is 0 Å². The van der Waals surface area contributed by atoms with Gasteiger partial charge in [0.15, 0.2) is 0 Å². The molecule has 1 aromatic carbocycles. The lowest BCUT2D eigenvalue weighted by molar-refractivity contribution is -0.136. The van der Waals surface area contributed by atoms with Gasteiger partial charge in [-0.25, -0.2) is 4.79 Å². The minimum Gasteiger partial charge on any atom is -0.456 e. The van der Waals surface area contributed by atoms with Crippen molar-refractivity contribution in [1.29, 1.82) is 0 Å². The highest BCUT2D eigenvalue weighted by atomic mass is 16.5. The molecule has 100 valence electrons. The molecule has 2 rings (SSSR count). The van der Waals surface area contributed by atoms with Crippen LogP contribution in [0.2, 0.25) is 0 Å². The first kappa shape index (κ1) is 13.5. The number of ether oxygens (including phenoxy) is 1. The van der Waals surface area contributed by atoms with Crippen LogP contribution in [0.4, 0.5) is 5.69 Å². The van der Waals surface area contributed by atoms with Gasteiger partial charge in [-0.3, -0.25) is 0 Å². The maximum Gasteiger partial charge on any atom is 0.384 e. The van der Waals surface area contributed by atoms with Gasteiger partial charge in [-0.2, -0.15) is 0 Å². The Morgan fingerprint density at radius 3 is 2.58 bits per heavy atom. The van der Waals surface area contributed by atoms with E-state index in [1.807, 2.05) is 24.3 Å². The summed E-state index contributed by atoms with van der Waals surface area (Å²) < 4.78 is 4.76. The lowest BCUT2D eigenvalue weighted by Gasteiger charge is -2.36. The number of rotatable bonds is 3. The van der Waals surface area contributed by atoms with Gasteiger partial charge in [0, 0.05) is 30.3 Å². The number of benzene rings is 1. The molecule has 0 unspecified atom stereocenters. The van der Waals surface area contributed by atoms with Gasteiger partial charge >= 0.3 is 5.97 Å². The first-order chi connectivity index (χ1) is 9.20. The third-order valence-electron chi connectivity index (χ3n) is 3.48. The normalized spacial score (nSPS) is 14.0. The quantitative estimate of drug-likeness (QED) is 0.616. The van der Waals surface area contributed by atoms with E-state index >= 15 is 0 Å². The molecular weight excluding hydrogens is 238 g/mol. The van der Waals surface area contributed by atoms with Crippen molar-refractivity contribution in [2.45, 2.75) is 32.2 Å². The van der Waals surface area contributed by atoms with Gasteiger partial charge in [0.25, 0.3) is 0 Å². The van der Waals surface area contributed by atoms with Crippen molar-refractivity contribution >= 4 is 11.7 Å². The van der Waals surface area contributed by atoms with Gasteiger partial charge in [0.1, 0.15) is 0 Å². The standard InChI is InChI=1S/C16H19NO2/c1-3-19-16(18)12-9-13-7-10-15(11-8-13)17(2)14-5-4-6-14/h7-8,10-11,14H,3-6H2,1-2H3. The number of hydrogen-bond donors (Lipinski definition) is 0. The largest absolute Gasteiger partial charge is 0.456 e. The third kappa shape index (κ3) is 3.51. The summed E-state index contributed by atoms with van der Waals surface area (Å²) in [6.07, 6.45) is 3.89. The van der Waals surface area contributed by atoms with E-state index in [4.69, 9.17) is 4.74 Å². The smallest absolute Gasteiger partial charge is 0.384 e. The fourth-order valence-electron chi connectivity index (χ4n) is 2.06. The molecule has 1 saturated carbocycles. The average Bonchev–Trinajstić information content (AvgIpc) is 2.35. The van der Waals surface area contributed by atoms with Crippen molar-refractivity contribution < 1.29 is 9.53 Å². The molecule has 1 aliphatic carbocycles. The van der Waals surface area contributed by atoms with Crippen LogP contribution in [0, 0.1) is 11.8 Å². The number of esters is 1.